The number of thiophene rings is 1. The van der Waals surface area contributed by atoms with Crippen molar-refractivity contribution in [2.24, 2.45) is 0 Å². The molecule has 0 amide bonds. The van der Waals surface area contributed by atoms with Gasteiger partial charge in [0.05, 0.1) is 4.90 Å². The minimum Gasteiger partial charge on any atom is -0.312 e. The highest BCUT2D eigenvalue weighted by Gasteiger charge is 2.31. The van der Waals surface area contributed by atoms with E-state index in [1.165, 1.54) is 11.3 Å². The van der Waals surface area contributed by atoms with Crippen molar-refractivity contribution >= 4 is 21.4 Å². The Morgan fingerprint density at radius 2 is 2.19 bits per heavy atom. The molecule has 1 aliphatic heterocycles. The summed E-state index contributed by atoms with van der Waals surface area (Å²) < 4.78 is 27.7. The van der Waals surface area contributed by atoms with Crippen molar-refractivity contribution in [1.82, 2.24) is 9.62 Å². The Balaban J connectivity index is 2.20. The van der Waals surface area contributed by atoms with Gasteiger partial charge in [-0.15, -0.1) is 11.3 Å². The molecule has 21 heavy (non-hydrogen) atoms. The standard InChI is InChI=1S/C15H26N2O2S2/c1-3-9-16-12-14-15(8-11-20-14)21(18,19)17-10-6-4-5-7-13(17)2/h8,11,13,16H,3-7,9-10,12H2,1-2H3. The number of nitrogens with zero attached hydrogens (tertiary/aromatic N) is 1. The quantitative estimate of drug-likeness (QED) is 0.815. The molecule has 2 rings (SSSR count). The molecule has 0 saturated carbocycles. The lowest BCUT2D eigenvalue weighted by atomic mass is 10.1. The molecular formula is C15H26N2O2S2. The topological polar surface area (TPSA) is 49.4 Å². The molecule has 1 atom stereocenters. The Morgan fingerprint density at radius 1 is 1.38 bits per heavy atom. The first-order valence-electron chi connectivity index (χ1n) is 7.86. The van der Waals surface area contributed by atoms with Crippen molar-refractivity contribution in [2.45, 2.75) is 63.4 Å². The van der Waals surface area contributed by atoms with Crippen LogP contribution in [-0.2, 0) is 16.6 Å². The SMILES string of the molecule is CCCNCc1sccc1S(=O)(=O)N1CCCCCC1C. The van der Waals surface area contributed by atoms with E-state index in [9.17, 15) is 8.42 Å². The fourth-order valence-electron chi connectivity index (χ4n) is 2.80. The van der Waals surface area contributed by atoms with Crippen molar-refractivity contribution in [3.8, 4) is 0 Å². The first-order chi connectivity index (χ1) is 10.1. The van der Waals surface area contributed by atoms with Crippen LogP contribution >= 0.6 is 11.3 Å². The first kappa shape index (κ1) is 16.9. The third kappa shape index (κ3) is 4.06. The summed E-state index contributed by atoms with van der Waals surface area (Å²) in [6.45, 7) is 6.35. The van der Waals surface area contributed by atoms with Gasteiger partial charge in [0.25, 0.3) is 0 Å². The summed E-state index contributed by atoms with van der Waals surface area (Å²) in [5.41, 5.74) is 0. The van der Waals surface area contributed by atoms with E-state index in [1.54, 1.807) is 10.4 Å². The second-order valence-corrected chi connectivity index (χ2v) is 8.56. The van der Waals surface area contributed by atoms with E-state index in [2.05, 4.69) is 12.2 Å². The lowest BCUT2D eigenvalue weighted by Gasteiger charge is -2.26. The van der Waals surface area contributed by atoms with Crippen LogP contribution in [0, 0.1) is 0 Å². The van der Waals surface area contributed by atoms with Gasteiger partial charge in [-0.3, -0.25) is 0 Å². The maximum atomic E-state index is 13.0. The Bertz CT molecular complexity index is 540. The van der Waals surface area contributed by atoms with Gasteiger partial charge in [-0.2, -0.15) is 4.31 Å². The van der Waals surface area contributed by atoms with Crippen LogP contribution in [0.25, 0.3) is 0 Å². The summed E-state index contributed by atoms with van der Waals surface area (Å²) >= 11 is 1.53. The van der Waals surface area contributed by atoms with Crippen LogP contribution in [0.15, 0.2) is 16.3 Å². The summed E-state index contributed by atoms with van der Waals surface area (Å²) in [7, 11) is -3.36. The zero-order valence-corrected chi connectivity index (χ0v) is 14.6. The molecule has 0 bridgehead atoms. The molecule has 0 aliphatic carbocycles. The van der Waals surface area contributed by atoms with Gasteiger partial charge in [0.2, 0.25) is 10.0 Å². The Morgan fingerprint density at radius 3 is 2.95 bits per heavy atom. The summed E-state index contributed by atoms with van der Waals surface area (Å²) in [5, 5.41) is 5.19. The predicted molar refractivity (Wildman–Crippen MR) is 88.1 cm³/mol. The summed E-state index contributed by atoms with van der Waals surface area (Å²) in [6, 6.07) is 1.87. The average Bonchev–Trinajstić information content (AvgIpc) is 2.81. The third-order valence-corrected chi connectivity index (χ3v) is 7.14. The molecule has 1 saturated heterocycles. The van der Waals surface area contributed by atoms with Crippen LogP contribution in [0.2, 0.25) is 0 Å². The summed E-state index contributed by atoms with van der Waals surface area (Å²) in [4.78, 5) is 1.43. The fraction of sp³-hybridized carbons (Fsp3) is 0.733. The van der Waals surface area contributed by atoms with E-state index in [0.29, 0.717) is 18.0 Å². The van der Waals surface area contributed by atoms with E-state index in [1.807, 2.05) is 12.3 Å². The molecule has 120 valence electrons. The van der Waals surface area contributed by atoms with E-state index < -0.39 is 10.0 Å². The third-order valence-electron chi connectivity index (χ3n) is 4.00. The fourth-order valence-corrected chi connectivity index (χ4v) is 5.88. The van der Waals surface area contributed by atoms with Gasteiger partial charge in [-0.25, -0.2) is 8.42 Å². The molecule has 1 aromatic heterocycles. The molecule has 0 radical (unpaired) electrons. The van der Waals surface area contributed by atoms with Crippen LogP contribution in [0.4, 0.5) is 0 Å². The van der Waals surface area contributed by atoms with Gasteiger partial charge in [-0.05, 0) is 44.2 Å². The number of rotatable bonds is 6. The maximum Gasteiger partial charge on any atom is 0.244 e. The second kappa shape index (κ2) is 7.72. The van der Waals surface area contributed by atoms with Gasteiger partial charge in [0, 0.05) is 24.0 Å². The number of hydrogen-bond donors (Lipinski definition) is 1. The van der Waals surface area contributed by atoms with Gasteiger partial charge >= 0.3 is 0 Å². The van der Waals surface area contributed by atoms with Crippen LogP contribution in [0.5, 0.6) is 0 Å². The van der Waals surface area contributed by atoms with Crippen molar-refractivity contribution in [1.29, 1.82) is 0 Å². The minimum atomic E-state index is -3.36. The van der Waals surface area contributed by atoms with Gasteiger partial charge in [0.1, 0.15) is 0 Å². The van der Waals surface area contributed by atoms with Crippen molar-refractivity contribution < 1.29 is 8.42 Å². The van der Waals surface area contributed by atoms with E-state index >= 15 is 0 Å². The molecule has 1 N–H and O–H groups in total. The first-order valence-corrected chi connectivity index (χ1v) is 10.2. The summed E-state index contributed by atoms with van der Waals surface area (Å²) in [6.07, 6.45) is 5.24. The van der Waals surface area contributed by atoms with E-state index in [-0.39, 0.29) is 6.04 Å². The summed E-state index contributed by atoms with van der Waals surface area (Å²) in [5.74, 6) is 0. The highest BCUT2D eigenvalue weighted by molar-refractivity contribution is 7.89. The molecule has 6 heteroatoms. The Kier molecular flexibility index (Phi) is 6.22. The van der Waals surface area contributed by atoms with Gasteiger partial charge < -0.3 is 5.32 Å². The molecule has 1 unspecified atom stereocenters. The molecule has 1 aromatic rings. The molecule has 0 spiro atoms. The number of nitrogens with one attached hydrogen (secondary N) is 1. The molecule has 2 heterocycles. The Labute approximate surface area is 132 Å². The zero-order chi connectivity index (χ0) is 15.3. The lowest BCUT2D eigenvalue weighted by Crippen LogP contribution is -2.38. The van der Waals surface area contributed by atoms with Gasteiger partial charge in [0.15, 0.2) is 0 Å². The van der Waals surface area contributed by atoms with Crippen LogP contribution in [0.3, 0.4) is 0 Å². The van der Waals surface area contributed by atoms with Crippen LogP contribution in [0.1, 0.15) is 50.8 Å². The monoisotopic (exact) mass is 330 g/mol. The molecular weight excluding hydrogens is 304 g/mol. The van der Waals surface area contributed by atoms with Crippen LogP contribution < -0.4 is 5.32 Å². The van der Waals surface area contributed by atoms with E-state index in [4.69, 9.17) is 0 Å². The maximum absolute atomic E-state index is 13.0. The molecule has 0 aromatic carbocycles. The predicted octanol–water partition coefficient (Wildman–Crippen LogP) is 3.20. The van der Waals surface area contributed by atoms with Crippen molar-refractivity contribution in [3.63, 3.8) is 0 Å². The number of sulfonamides is 1. The van der Waals surface area contributed by atoms with Gasteiger partial charge in [-0.1, -0.05) is 19.8 Å². The smallest absolute Gasteiger partial charge is 0.244 e. The van der Waals surface area contributed by atoms with E-state index in [0.717, 1.165) is 43.5 Å². The Hall–Kier alpha value is -0.430. The molecule has 4 nitrogen and oxygen atoms in total. The second-order valence-electron chi connectivity index (χ2n) is 5.70. The molecule has 1 aliphatic rings. The van der Waals surface area contributed by atoms with Crippen LogP contribution in [-0.4, -0.2) is 31.9 Å². The van der Waals surface area contributed by atoms with Crippen molar-refractivity contribution in [2.75, 3.05) is 13.1 Å². The average molecular weight is 331 g/mol. The zero-order valence-electron chi connectivity index (χ0n) is 13.0. The number of hydrogen-bond acceptors (Lipinski definition) is 4. The lowest BCUT2D eigenvalue weighted by molar-refractivity contribution is 0.342. The highest BCUT2D eigenvalue weighted by Crippen LogP contribution is 2.29. The molecule has 1 fully saturated rings. The minimum absolute atomic E-state index is 0.105. The normalized spacial score (nSPS) is 21.3. The highest BCUT2D eigenvalue weighted by atomic mass is 32.2. The largest absolute Gasteiger partial charge is 0.312 e. The van der Waals surface area contributed by atoms with Crippen molar-refractivity contribution in [3.05, 3.63) is 16.3 Å².